The Morgan fingerprint density at radius 2 is 1.64 bits per heavy atom. The third kappa shape index (κ3) is 9.14. The monoisotopic (exact) mass is 602 g/mol. The Kier molecular flexibility index (Phi) is 11.3. The van der Waals surface area contributed by atoms with E-state index in [9.17, 15) is 41.8 Å². The van der Waals surface area contributed by atoms with Gasteiger partial charge in [0.1, 0.15) is 18.3 Å². The van der Waals surface area contributed by atoms with Gasteiger partial charge in [0.25, 0.3) is 5.91 Å². The predicted octanol–water partition coefficient (Wildman–Crippen LogP) is 3.59. The number of esters is 1. The van der Waals surface area contributed by atoms with Crippen LogP contribution in [0.25, 0.3) is 0 Å². The molecule has 1 heterocycles. The number of halogens is 4. The molecule has 0 bridgehead atoms. The van der Waals surface area contributed by atoms with Crippen molar-refractivity contribution in [3.63, 3.8) is 0 Å². The molecule has 2 N–H and O–H groups in total. The number of carbonyl (C=O) groups is 4. The highest BCUT2D eigenvalue weighted by atomic mass is 19.2. The van der Waals surface area contributed by atoms with Crippen molar-refractivity contribution in [1.29, 1.82) is 0 Å². The van der Waals surface area contributed by atoms with Crippen LogP contribution in [0.1, 0.15) is 72.1 Å². The molecule has 2 aliphatic rings. The summed E-state index contributed by atoms with van der Waals surface area (Å²) in [5.74, 6) is -11.7. The van der Waals surface area contributed by atoms with Gasteiger partial charge in [-0.25, -0.2) is 8.78 Å². The normalized spacial score (nSPS) is 19.2. The molecule has 1 aromatic rings. The molecule has 234 valence electrons. The molecular weight excluding hydrogens is 564 g/mol. The molecule has 1 aliphatic heterocycles. The highest BCUT2D eigenvalue weighted by Crippen LogP contribution is 2.29. The van der Waals surface area contributed by atoms with Gasteiger partial charge in [0.15, 0.2) is 17.4 Å². The van der Waals surface area contributed by atoms with Gasteiger partial charge >= 0.3 is 5.97 Å². The maximum absolute atomic E-state index is 14.0. The Balaban J connectivity index is 1.68. The number of hydrogen-bond donors (Lipinski definition) is 2. The fourth-order valence-corrected chi connectivity index (χ4v) is 5.23. The van der Waals surface area contributed by atoms with Crippen LogP contribution in [-0.4, -0.2) is 71.0 Å². The van der Waals surface area contributed by atoms with E-state index in [0.717, 1.165) is 25.7 Å². The number of likely N-dealkylation sites (tertiary alicyclic amines) is 1. The SMILES string of the molecule is CC(C)(C)OC(=O)C[C@H](NC(=O)[C@@H]1CCCN(C(=O)C(=O)CC2CCCC2)C1)C(O)COc1c(F)c(F)cc(F)c1F. The van der Waals surface area contributed by atoms with Crippen LogP contribution >= 0.6 is 0 Å². The second-order valence-corrected chi connectivity index (χ2v) is 11.9. The summed E-state index contributed by atoms with van der Waals surface area (Å²) < 4.78 is 65.3. The lowest BCUT2D eigenvalue weighted by molar-refractivity contribution is -0.156. The molecule has 2 fully saturated rings. The number of nitrogens with one attached hydrogen (secondary N) is 1. The van der Waals surface area contributed by atoms with Crippen LogP contribution in [0, 0.1) is 35.1 Å². The standard InChI is InChI=1S/C29H38F4N2O7/c1-29(2,3)42-23(38)13-20(22(37)15-41-26-24(32)18(30)12-19(31)25(26)33)34-27(39)17-9-6-10-35(14-17)28(40)21(36)11-16-7-4-5-8-16/h12,16-17,20,22,37H,4-11,13-15H2,1-3H3,(H,34,39)/t17-,20+,22?/m1/s1. The van der Waals surface area contributed by atoms with Crippen molar-refractivity contribution in [3.05, 3.63) is 29.3 Å². The van der Waals surface area contributed by atoms with Crippen LogP contribution in [0.15, 0.2) is 6.07 Å². The van der Waals surface area contributed by atoms with E-state index in [4.69, 9.17) is 9.47 Å². The lowest BCUT2D eigenvalue weighted by Gasteiger charge is -2.33. The molecule has 1 saturated heterocycles. The molecule has 1 saturated carbocycles. The Hall–Kier alpha value is -3.22. The van der Waals surface area contributed by atoms with Gasteiger partial charge in [0, 0.05) is 25.6 Å². The molecule has 0 radical (unpaired) electrons. The Labute approximate surface area is 241 Å². The second-order valence-electron chi connectivity index (χ2n) is 11.9. The van der Waals surface area contributed by atoms with Crippen molar-refractivity contribution in [3.8, 4) is 5.75 Å². The number of ether oxygens (including phenoxy) is 2. The van der Waals surface area contributed by atoms with Crippen LogP contribution in [0.2, 0.25) is 0 Å². The third-order valence-corrected chi connectivity index (χ3v) is 7.34. The zero-order valence-corrected chi connectivity index (χ0v) is 24.0. The van der Waals surface area contributed by atoms with E-state index >= 15 is 0 Å². The number of amides is 2. The molecule has 0 spiro atoms. The van der Waals surface area contributed by atoms with Gasteiger partial charge in [-0.15, -0.1) is 0 Å². The van der Waals surface area contributed by atoms with Crippen molar-refractivity contribution in [2.45, 2.75) is 89.9 Å². The Morgan fingerprint density at radius 1 is 1.02 bits per heavy atom. The van der Waals surface area contributed by atoms with Gasteiger partial charge in [-0.05, 0) is 39.5 Å². The number of aliphatic hydroxyl groups is 1. The number of rotatable bonds is 11. The molecular formula is C29H38F4N2O7. The quantitative estimate of drug-likeness (QED) is 0.172. The summed E-state index contributed by atoms with van der Waals surface area (Å²) in [5.41, 5.74) is -0.909. The van der Waals surface area contributed by atoms with E-state index in [1.807, 2.05) is 0 Å². The molecule has 13 heteroatoms. The molecule has 0 aromatic heterocycles. The number of aliphatic hydroxyl groups excluding tert-OH is 1. The first-order chi connectivity index (χ1) is 19.7. The molecule has 1 aromatic carbocycles. The van der Waals surface area contributed by atoms with Gasteiger partial charge in [0.2, 0.25) is 23.3 Å². The molecule has 3 rings (SSSR count). The fraction of sp³-hybridized carbons (Fsp3) is 0.655. The van der Waals surface area contributed by atoms with Gasteiger partial charge in [-0.3, -0.25) is 19.2 Å². The van der Waals surface area contributed by atoms with E-state index in [1.165, 1.54) is 4.90 Å². The minimum atomic E-state index is -1.82. The van der Waals surface area contributed by atoms with E-state index in [0.29, 0.717) is 19.4 Å². The van der Waals surface area contributed by atoms with Gasteiger partial charge in [-0.2, -0.15) is 8.78 Å². The highest BCUT2D eigenvalue weighted by molar-refractivity contribution is 6.36. The topological polar surface area (TPSA) is 122 Å². The zero-order chi connectivity index (χ0) is 31.2. The van der Waals surface area contributed by atoms with Gasteiger partial charge in [-0.1, -0.05) is 25.7 Å². The minimum absolute atomic E-state index is 0.00000577. The number of hydrogen-bond acceptors (Lipinski definition) is 7. The number of ketones is 1. The summed E-state index contributed by atoms with van der Waals surface area (Å²) in [6, 6.07) is -1.40. The maximum atomic E-state index is 14.0. The summed E-state index contributed by atoms with van der Waals surface area (Å²) in [7, 11) is 0. The van der Waals surface area contributed by atoms with E-state index in [2.05, 4.69) is 5.32 Å². The lowest BCUT2D eigenvalue weighted by Crippen LogP contribution is -2.53. The summed E-state index contributed by atoms with van der Waals surface area (Å²) in [4.78, 5) is 52.4. The van der Waals surface area contributed by atoms with Crippen molar-refractivity contribution in [1.82, 2.24) is 10.2 Å². The summed E-state index contributed by atoms with van der Waals surface area (Å²) >= 11 is 0. The van der Waals surface area contributed by atoms with E-state index < -0.39 is 89.3 Å². The average Bonchev–Trinajstić information content (AvgIpc) is 3.43. The minimum Gasteiger partial charge on any atom is -0.485 e. The number of benzene rings is 1. The van der Waals surface area contributed by atoms with Crippen molar-refractivity contribution < 1.29 is 51.3 Å². The van der Waals surface area contributed by atoms with E-state index in [-0.39, 0.29) is 24.9 Å². The smallest absolute Gasteiger partial charge is 0.308 e. The largest absolute Gasteiger partial charge is 0.485 e. The number of piperidine rings is 1. The second kappa shape index (κ2) is 14.3. The Bertz CT molecular complexity index is 1140. The van der Waals surface area contributed by atoms with E-state index in [1.54, 1.807) is 20.8 Å². The predicted molar refractivity (Wildman–Crippen MR) is 141 cm³/mol. The van der Waals surface area contributed by atoms with Crippen molar-refractivity contribution in [2.75, 3.05) is 19.7 Å². The lowest BCUT2D eigenvalue weighted by atomic mass is 9.94. The average molecular weight is 603 g/mol. The summed E-state index contributed by atoms with van der Waals surface area (Å²) in [6.45, 7) is 4.11. The van der Waals surface area contributed by atoms with Crippen molar-refractivity contribution >= 4 is 23.6 Å². The molecule has 3 atom stereocenters. The van der Waals surface area contributed by atoms with Crippen LogP contribution in [0.4, 0.5) is 17.6 Å². The van der Waals surface area contributed by atoms with Gasteiger partial charge in [0.05, 0.1) is 18.4 Å². The van der Waals surface area contributed by atoms with Crippen LogP contribution in [-0.2, 0) is 23.9 Å². The van der Waals surface area contributed by atoms with Crippen LogP contribution in [0.5, 0.6) is 5.75 Å². The molecule has 1 unspecified atom stereocenters. The third-order valence-electron chi connectivity index (χ3n) is 7.34. The molecule has 1 aliphatic carbocycles. The molecule has 2 amide bonds. The highest BCUT2D eigenvalue weighted by Gasteiger charge is 2.35. The zero-order valence-electron chi connectivity index (χ0n) is 24.0. The fourth-order valence-electron chi connectivity index (χ4n) is 5.23. The number of carbonyl (C=O) groups excluding carboxylic acids is 4. The molecule has 9 nitrogen and oxygen atoms in total. The molecule has 42 heavy (non-hydrogen) atoms. The number of Topliss-reactive ketones (excluding diaryl/α,β-unsaturated/α-hetero) is 1. The first-order valence-electron chi connectivity index (χ1n) is 14.1. The van der Waals surface area contributed by atoms with Crippen LogP contribution < -0.4 is 10.1 Å². The summed E-state index contributed by atoms with van der Waals surface area (Å²) in [5, 5.41) is 13.3. The summed E-state index contributed by atoms with van der Waals surface area (Å²) in [6.07, 6.45) is 2.48. The Morgan fingerprint density at radius 3 is 2.24 bits per heavy atom. The van der Waals surface area contributed by atoms with Crippen LogP contribution in [0.3, 0.4) is 0 Å². The first kappa shape index (κ1) is 33.3. The maximum Gasteiger partial charge on any atom is 0.308 e. The van der Waals surface area contributed by atoms with Gasteiger partial charge < -0.3 is 24.8 Å². The number of nitrogens with zero attached hydrogens (tertiary/aromatic N) is 1. The first-order valence-corrected chi connectivity index (χ1v) is 14.1. The van der Waals surface area contributed by atoms with Crippen molar-refractivity contribution in [2.24, 2.45) is 11.8 Å².